The Hall–Kier alpha value is -2.71. The average Bonchev–Trinajstić information content (AvgIpc) is 3.06. The molecule has 1 amide bonds. The number of pyridine rings is 1. The van der Waals surface area contributed by atoms with Crippen molar-refractivity contribution in [2.24, 2.45) is 0 Å². The van der Waals surface area contributed by atoms with Crippen LogP contribution in [0.25, 0.3) is 5.65 Å². The van der Waals surface area contributed by atoms with Crippen molar-refractivity contribution in [3.63, 3.8) is 0 Å². The van der Waals surface area contributed by atoms with E-state index in [-0.39, 0.29) is 23.8 Å². The summed E-state index contributed by atoms with van der Waals surface area (Å²) < 4.78 is 29.3. The third kappa shape index (κ3) is 4.96. The van der Waals surface area contributed by atoms with Crippen LogP contribution in [-0.2, 0) is 21.2 Å². The van der Waals surface area contributed by atoms with Crippen molar-refractivity contribution in [3.8, 4) is 0 Å². The van der Waals surface area contributed by atoms with Crippen molar-refractivity contribution in [2.75, 3.05) is 13.1 Å². The number of nitrogens with one attached hydrogen (secondary N) is 2. The molecule has 0 aliphatic rings. The molecule has 0 saturated carbocycles. The molecule has 2 aromatic heterocycles. The van der Waals surface area contributed by atoms with Crippen molar-refractivity contribution in [1.82, 2.24) is 19.4 Å². The molecule has 0 radical (unpaired) electrons. The smallest absolute Gasteiger partial charge is 0.240 e. The first-order chi connectivity index (χ1) is 13.3. The lowest BCUT2D eigenvalue weighted by molar-refractivity contribution is -0.120. The molecule has 3 rings (SSSR count). The van der Waals surface area contributed by atoms with Crippen LogP contribution in [0, 0.1) is 13.8 Å². The number of rotatable bonds is 8. The van der Waals surface area contributed by atoms with Gasteiger partial charge in [-0.25, -0.2) is 18.1 Å². The summed E-state index contributed by atoms with van der Waals surface area (Å²) in [6, 6.07) is 11.0. The number of hydrogen-bond acceptors (Lipinski definition) is 4. The number of aryl methyl sites for hydroxylation is 2. The zero-order chi connectivity index (χ0) is 20.1. The summed E-state index contributed by atoms with van der Waals surface area (Å²) in [5, 5.41) is 2.80. The third-order valence-corrected chi connectivity index (χ3v) is 6.00. The van der Waals surface area contributed by atoms with Crippen LogP contribution < -0.4 is 10.0 Å². The maximum atomic E-state index is 12.4. The molecule has 0 bridgehead atoms. The summed E-state index contributed by atoms with van der Waals surface area (Å²) in [4.78, 5) is 16.7. The third-order valence-electron chi connectivity index (χ3n) is 4.39. The first-order valence-corrected chi connectivity index (χ1v) is 10.6. The van der Waals surface area contributed by atoms with E-state index in [1.807, 2.05) is 48.0 Å². The molecule has 0 aliphatic heterocycles. The summed E-state index contributed by atoms with van der Waals surface area (Å²) in [5.41, 5.74) is 3.30. The lowest BCUT2D eigenvalue weighted by Gasteiger charge is -2.10. The number of carbonyl (C=O) groups is 1. The highest BCUT2D eigenvalue weighted by Crippen LogP contribution is 2.16. The van der Waals surface area contributed by atoms with Crippen molar-refractivity contribution in [2.45, 2.75) is 31.6 Å². The fourth-order valence-electron chi connectivity index (χ4n) is 2.90. The van der Waals surface area contributed by atoms with Crippen molar-refractivity contribution >= 4 is 21.6 Å². The van der Waals surface area contributed by atoms with Crippen LogP contribution >= 0.6 is 0 Å². The number of fused-ring (bicyclic) bond motifs is 1. The van der Waals surface area contributed by atoms with Gasteiger partial charge in [0.05, 0.1) is 10.6 Å². The van der Waals surface area contributed by atoms with E-state index < -0.39 is 10.0 Å². The number of carbonyl (C=O) groups excluding carboxylic acids is 1. The second kappa shape index (κ2) is 8.53. The van der Waals surface area contributed by atoms with Gasteiger partial charge in [0.1, 0.15) is 5.65 Å². The van der Waals surface area contributed by atoms with E-state index in [1.54, 1.807) is 19.1 Å². The standard InChI is InChI=1S/C20H24N4O3S/c1-15-6-7-16(2)18(13-15)28(26,27)22-11-9-20(25)21-10-8-17-14-24-12-4-3-5-19(24)23-17/h3-7,12-14,22H,8-11H2,1-2H3,(H,21,25). The Balaban J connectivity index is 1.44. The second-order valence-electron chi connectivity index (χ2n) is 6.72. The first-order valence-electron chi connectivity index (χ1n) is 9.11. The van der Waals surface area contributed by atoms with Gasteiger partial charge in [0.15, 0.2) is 0 Å². The van der Waals surface area contributed by atoms with Gasteiger partial charge < -0.3 is 9.72 Å². The van der Waals surface area contributed by atoms with Gasteiger partial charge in [-0.05, 0) is 43.2 Å². The monoisotopic (exact) mass is 400 g/mol. The van der Waals surface area contributed by atoms with Gasteiger partial charge in [-0.3, -0.25) is 4.79 Å². The van der Waals surface area contributed by atoms with Crippen LogP contribution in [0.4, 0.5) is 0 Å². The van der Waals surface area contributed by atoms with Crippen LogP contribution in [0.15, 0.2) is 53.7 Å². The molecule has 8 heteroatoms. The van der Waals surface area contributed by atoms with Gasteiger partial charge in [-0.15, -0.1) is 0 Å². The SMILES string of the molecule is Cc1ccc(C)c(S(=O)(=O)NCCC(=O)NCCc2cn3ccccc3n2)c1. The van der Waals surface area contributed by atoms with Crippen LogP contribution in [-0.4, -0.2) is 36.8 Å². The van der Waals surface area contributed by atoms with E-state index >= 15 is 0 Å². The zero-order valence-corrected chi connectivity index (χ0v) is 16.8. The first kappa shape index (κ1) is 20.0. The van der Waals surface area contributed by atoms with Gasteiger partial charge in [0, 0.05) is 38.3 Å². The predicted molar refractivity (Wildman–Crippen MR) is 108 cm³/mol. The Kier molecular flexibility index (Phi) is 6.11. The highest BCUT2D eigenvalue weighted by molar-refractivity contribution is 7.89. The molecular formula is C20H24N4O3S. The number of imidazole rings is 1. The largest absolute Gasteiger partial charge is 0.356 e. The molecule has 0 atom stereocenters. The lowest BCUT2D eigenvalue weighted by atomic mass is 10.2. The topological polar surface area (TPSA) is 92.6 Å². The number of amides is 1. The summed E-state index contributed by atoms with van der Waals surface area (Å²) in [5.74, 6) is -0.201. The van der Waals surface area contributed by atoms with E-state index in [1.165, 1.54) is 0 Å². The normalized spacial score (nSPS) is 11.6. The molecular weight excluding hydrogens is 376 g/mol. The van der Waals surface area contributed by atoms with Gasteiger partial charge in [0.25, 0.3) is 0 Å². The zero-order valence-electron chi connectivity index (χ0n) is 16.0. The van der Waals surface area contributed by atoms with E-state index in [0.717, 1.165) is 16.9 Å². The molecule has 0 saturated heterocycles. The van der Waals surface area contributed by atoms with Crippen molar-refractivity contribution < 1.29 is 13.2 Å². The van der Waals surface area contributed by atoms with Gasteiger partial charge in [-0.1, -0.05) is 18.2 Å². The second-order valence-corrected chi connectivity index (χ2v) is 8.45. The van der Waals surface area contributed by atoms with E-state index in [0.29, 0.717) is 18.5 Å². The van der Waals surface area contributed by atoms with Gasteiger partial charge >= 0.3 is 0 Å². The molecule has 3 aromatic rings. The molecule has 2 N–H and O–H groups in total. The maximum Gasteiger partial charge on any atom is 0.240 e. The quantitative estimate of drug-likeness (QED) is 0.605. The number of nitrogens with zero attached hydrogens (tertiary/aromatic N) is 2. The molecule has 7 nitrogen and oxygen atoms in total. The van der Waals surface area contributed by atoms with E-state index in [4.69, 9.17) is 0 Å². The Morgan fingerprint density at radius 3 is 2.75 bits per heavy atom. The molecule has 0 unspecified atom stereocenters. The molecule has 2 heterocycles. The molecule has 0 spiro atoms. The summed E-state index contributed by atoms with van der Waals surface area (Å²) >= 11 is 0. The fraction of sp³-hybridized carbons (Fsp3) is 0.300. The predicted octanol–water partition coefficient (Wildman–Crippen LogP) is 1.98. The van der Waals surface area contributed by atoms with Crippen LogP contribution in [0.5, 0.6) is 0 Å². The van der Waals surface area contributed by atoms with Crippen molar-refractivity contribution in [3.05, 3.63) is 65.6 Å². The van der Waals surface area contributed by atoms with Gasteiger partial charge in [0.2, 0.25) is 15.9 Å². The Labute approximate surface area is 164 Å². The highest BCUT2D eigenvalue weighted by Gasteiger charge is 2.17. The van der Waals surface area contributed by atoms with Gasteiger partial charge in [-0.2, -0.15) is 0 Å². The minimum atomic E-state index is -3.63. The van der Waals surface area contributed by atoms with Crippen molar-refractivity contribution in [1.29, 1.82) is 0 Å². The molecule has 28 heavy (non-hydrogen) atoms. The summed E-state index contributed by atoms with van der Waals surface area (Å²) in [7, 11) is -3.63. The molecule has 148 valence electrons. The fourth-order valence-corrected chi connectivity index (χ4v) is 4.26. The average molecular weight is 401 g/mol. The molecule has 0 aliphatic carbocycles. The molecule has 0 fully saturated rings. The number of sulfonamides is 1. The summed E-state index contributed by atoms with van der Waals surface area (Å²) in [6.45, 7) is 4.09. The lowest BCUT2D eigenvalue weighted by Crippen LogP contribution is -2.32. The molecule has 1 aromatic carbocycles. The number of hydrogen-bond donors (Lipinski definition) is 2. The van der Waals surface area contributed by atoms with E-state index in [2.05, 4.69) is 15.0 Å². The Morgan fingerprint density at radius 1 is 1.14 bits per heavy atom. The maximum absolute atomic E-state index is 12.4. The number of benzene rings is 1. The Bertz CT molecular complexity index is 1060. The minimum Gasteiger partial charge on any atom is -0.356 e. The number of aromatic nitrogens is 2. The van der Waals surface area contributed by atoms with Crippen LogP contribution in [0.1, 0.15) is 23.2 Å². The van der Waals surface area contributed by atoms with E-state index in [9.17, 15) is 13.2 Å². The van der Waals surface area contributed by atoms with Crippen LogP contribution in [0.2, 0.25) is 0 Å². The Morgan fingerprint density at radius 2 is 1.96 bits per heavy atom. The minimum absolute atomic E-state index is 0.0515. The highest BCUT2D eigenvalue weighted by atomic mass is 32.2. The van der Waals surface area contributed by atoms with Crippen LogP contribution in [0.3, 0.4) is 0 Å². The summed E-state index contributed by atoms with van der Waals surface area (Å²) in [6.07, 6.45) is 4.54.